The highest BCUT2D eigenvalue weighted by Gasteiger charge is 2.36. The number of thioether (sulfide) groups is 1. The summed E-state index contributed by atoms with van der Waals surface area (Å²) in [6.45, 7) is 4.06. The third-order valence-corrected chi connectivity index (χ3v) is 3.93. The summed E-state index contributed by atoms with van der Waals surface area (Å²) < 4.78 is 5.80. The lowest BCUT2D eigenvalue weighted by Crippen LogP contribution is -2.16. The molecule has 2 nitrogen and oxygen atoms in total. The first kappa shape index (κ1) is 12.6. The van der Waals surface area contributed by atoms with E-state index in [9.17, 15) is 0 Å². The monoisotopic (exact) mass is 249 g/mol. The molecule has 1 heterocycles. The molecule has 0 bridgehead atoms. The topological polar surface area (TPSA) is 25.2 Å². The molecule has 2 unspecified atom stereocenters. The molecule has 1 aromatic heterocycles. The van der Waals surface area contributed by atoms with E-state index in [1.807, 2.05) is 0 Å². The van der Waals surface area contributed by atoms with Gasteiger partial charge in [-0.15, -0.1) is 18.2 Å². The molecule has 2 rings (SSSR count). The van der Waals surface area contributed by atoms with Gasteiger partial charge in [-0.3, -0.25) is 0 Å². The Hall–Kier alpha value is -0.850. The Balaban J connectivity index is 1.62. The third kappa shape index (κ3) is 3.83. The Morgan fingerprint density at radius 1 is 1.59 bits per heavy atom. The maximum atomic E-state index is 5.80. The van der Waals surface area contributed by atoms with Gasteiger partial charge < -0.3 is 9.73 Å². The highest BCUT2D eigenvalue weighted by atomic mass is 32.2. The van der Waals surface area contributed by atoms with Crippen molar-refractivity contribution in [3.05, 3.63) is 23.7 Å². The second kappa shape index (κ2) is 6.18. The van der Waals surface area contributed by atoms with E-state index < -0.39 is 0 Å². The Morgan fingerprint density at radius 3 is 3.12 bits per heavy atom. The van der Waals surface area contributed by atoms with Crippen molar-refractivity contribution in [1.29, 1.82) is 0 Å². The number of terminal acetylenes is 1. The lowest BCUT2D eigenvalue weighted by molar-refractivity contribution is 0.447. The molecule has 0 aromatic carbocycles. The van der Waals surface area contributed by atoms with E-state index >= 15 is 0 Å². The first-order valence-electron chi connectivity index (χ1n) is 6.12. The molecule has 1 aliphatic carbocycles. The zero-order valence-corrected chi connectivity index (χ0v) is 11.1. The van der Waals surface area contributed by atoms with E-state index in [4.69, 9.17) is 10.8 Å². The molecule has 2 atom stereocenters. The lowest BCUT2D eigenvalue weighted by Gasteiger charge is -2.01. The maximum absolute atomic E-state index is 5.80. The standard InChI is InChI=1S/C14H19NOS/c1-3-7-17-8-6-15-10-12-4-5-14(16-12)13-9-11(13)2/h1,4-5,11,13,15H,6-10H2,2H3. The first-order valence-corrected chi connectivity index (χ1v) is 7.27. The van der Waals surface area contributed by atoms with Crippen molar-refractivity contribution in [1.82, 2.24) is 5.32 Å². The van der Waals surface area contributed by atoms with Crippen molar-refractivity contribution in [2.75, 3.05) is 18.1 Å². The van der Waals surface area contributed by atoms with Gasteiger partial charge in [0.15, 0.2) is 0 Å². The van der Waals surface area contributed by atoms with Gasteiger partial charge in [0.1, 0.15) is 11.5 Å². The molecule has 0 saturated heterocycles. The molecule has 0 radical (unpaired) electrons. The number of rotatable bonds is 7. The van der Waals surface area contributed by atoms with E-state index in [0.29, 0.717) is 5.92 Å². The van der Waals surface area contributed by atoms with Crippen molar-refractivity contribution in [2.24, 2.45) is 5.92 Å². The minimum atomic E-state index is 0.676. The largest absolute Gasteiger partial charge is 0.464 e. The van der Waals surface area contributed by atoms with Gasteiger partial charge in [-0.05, 0) is 24.5 Å². The first-order chi connectivity index (χ1) is 8.31. The van der Waals surface area contributed by atoms with Crippen LogP contribution in [0.1, 0.15) is 30.8 Å². The van der Waals surface area contributed by atoms with Crippen LogP contribution in [0.3, 0.4) is 0 Å². The molecule has 17 heavy (non-hydrogen) atoms. The fourth-order valence-corrected chi connectivity index (χ4v) is 2.45. The highest BCUT2D eigenvalue weighted by molar-refractivity contribution is 7.99. The molecule has 3 heteroatoms. The van der Waals surface area contributed by atoms with E-state index in [0.717, 1.165) is 42.0 Å². The van der Waals surface area contributed by atoms with Crippen LogP contribution in [0.4, 0.5) is 0 Å². The van der Waals surface area contributed by atoms with E-state index in [2.05, 4.69) is 30.3 Å². The van der Waals surface area contributed by atoms with Crippen molar-refractivity contribution >= 4 is 11.8 Å². The third-order valence-electron chi connectivity index (χ3n) is 3.07. The molecule has 0 spiro atoms. The fourth-order valence-electron chi connectivity index (χ4n) is 1.89. The number of furan rings is 1. The van der Waals surface area contributed by atoms with Gasteiger partial charge in [0.25, 0.3) is 0 Å². The SMILES string of the molecule is C#CCSCCNCc1ccc(C2CC2C)o1. The average Bonchev–Trinajstić information content (AvgIpc) is 2.89. The fraction of sp³-hybridized carbons (Fsp3) is 0.571. The Morgan fingerprint density at radius 2 is 2.41 bits per heavy atom. The summed E-state index contributed by atoms with van der Waals surface area (Å²) in [5.41, 5.74) is 0. The van der Waals surface area contributed by atoms with Gasteiger partial charge >= 0.3 is 0 Å². The second-order valence-electron chi connectivity index (χ2n) is 4.56. The van der Waals surface area contributed by atoms with Gasteiger partial charge in [0.2, 0.25) is 0 Å². The van der Waals surface area contributed by atoms with Crippen molar-refractivity contribution in [3.8, 4) is 12.3 Å². The molecule has 1 saturated carbocycles. The van der Waals surface area contributed by atoms with Crippen molar-refractivity contribution in [2.45, 2.75) is 25.8 Å². The average molecular weight is 249 g/mol. The minimum Gasteiger partial charge on any atom is -0.464 e. The maximum Gasteiger partial charge on any atom is 0.117 e. The summed E-state index contributed by atoms with van der Waals surface area (Å²) in [4.78, 5) is 0. The van der Waals surface area contributed by atoms with Crippen LogP contribution in [-0.2, 0) is 6.54 Å². The van der Waals surface area contributed by atoms with Crippen LogP contribution in [0.15, 0.2) is 16.5 Å². The summed E-state index contributed by atoms with van der Waals surface area (Å²) in [6.07, 6.45) is 6.46. The van der Waals surface area contributed by atoms with Crippen LogP contribution in [0, 0.1) is 18.3 Å². The summed E-state index contributed by atoms with van der Waals surface area (Å²) in [5.74, 6) is 8.16. The van der Waals surface area contributed by atoms with Gasteiger partial charge in [0.05, 0.1) is 12.3 Å². The lowest BCUT2D eigenvalue weighted by atomic mass is 10.3. The Labute approximate surface area is 108 Å². The molecule has 0 aliphatic heterocycles. The van der Waals surface area contributed by atoms with Crippen LogP contribution >= 0.6 is 11.8 Å². The van der Waals surface area contributed by atoms with Crippen LogP contribution in [0.2, 0.25) is 0 Å². The molecule has 1 N–H and O–H groups in total. The summed E-state index contributed by atoms with van der Waals surface area (Å²) in [5, 5.41) is 3.36. The minimum absolute atomic E-state index is 0.676. The van der Waals surface area contributed by atoms with E-state index in [1.54, 1.807) is 11.8 Å². The second-order valence-corrected chi connectivity index (χ2v) is 5.66. The molecule has 1 fully saturated rings. The van der Waals surface area contributed by atoms with Crippen LogP contribution in [0.5, 0.6) is 0 Å². The van der Waals surface area contributed by atoms with Crippen LogP contribution in [-0.4, -0.2) is 18.1 Å². The molecule has 92 valence electrons. The molecular weight excluding hydrogens is 230 g/mol. The highest BCUT2D eigenvalue weighted by Crippen LogP contribution is 2.47. The number of hydrogen-bond donors (Lipinski definition) is 1. The van der Waals surface area contributed by atoms with Crippen molar-refractivity contribution < 1.29 is 4.42 Å². The summed E-state index contributed by atoms with van der Waals surface area (Å²) in [7, 11) is 0. The van der Waals surface area contributed by atoms with Gasteiger partial charge in [-0.1, -0.05) is 12.8 Å². The molecule has 0 amide bonds. The summed E-state index contributed by atoms with van der Waals surface area (Å²) in [6, 6.07) is 4.21. The quantitative estimate of drug-likeness (QED) is 0.594. The van der Waals surface area contributed by atoms with Gasteiger partial charge in [0, 0.05) is 18.2 Å². The summed E-state index contributed by atoms with van der Waals surface area (Å²) >= 11 is 1.78. The zero-order valence-electron chi connectivity index (χ0n) is 10.2. The van der Waals surface area contributed by atoms with Crippen LogP contribution in [0.25, 0.3) is 0 Å². The smallest absolute Gasteiger partial charge is 0.117 e. The predicted molar refractivity (Wildman–Crippen MR) is 73.1 cm³/mol. The predicted octanol–water partition coefficient (Wildman–Crippen LogP) is 2.86. The Bertz CT molecular complexity index is 393. The number of nitrogens with one attached hydrogen (secondary N) is 1. The zero-order chi connectivity index (χ0) is 12.1. The molecule has 1 aromatic rings. The Kier molecular flexibility index (Phi) is 4.58. The van der Waals surface area contributed by atoms with Crippen LogP contribution < -0.4 is 5.32 Å². The van der Waals surface area contributed by atoms with E-state index in [-0.39, 0.29) is 0 Å². The molecular formula is C14H19NOS. The normalized spacial score (nSPS) is 22.4. The molecule has 1 aliphatic rings. The van der Waals surface area contributed by atoms with Crippen molar-refractivity contribution in [3.63, 3.8) is 0 Å². The van der Waals surface area contributed by atoms with Gasteiger partial charge in [-0.2, -0.15) is 0 Å². The number of hydrogen-bond acceptors (Lipinski definition) is 3. The van der Waals surface area contributed by atoms with E-state index in [1.165, 1.54) is 6.42 Å². The van der Waals surface area contributed by atoms with Gasteiger partial charge in [-0.25, -0.2) is 0 Å².